The fourth-order valence-corrected chi connectivity index (χ4v) is 2.39. The first kappa shape index (κ1) is 19.7. The molecule has 0 fully saturated rings. The second-order valence-electron chi connectivity index (χ2n) is 5.15. The Labute approximate surface area is 149 Å². The second kappa shape index (κ2) is 9.08. The fraction of sp³-hybridized carbons (Fsp3) is 0.263. The van der Waals surface area contributed by atoms with Gasteiger partial charge in [-0.05, 0) is 49.2 Å². The maximum absolute atomic E-state index is 5.85. The number of fused-ring (bicyclic) bond motifs is 1. The molecule has 3 N–H and O–H groups in total. The molecule has 0 atom stereocenters. The average molecular weight is 345 g/mol. The van der Waals surface area contributed by atoms with Crippen LogP contribution in [0.3, 0.4) is 0 Å². The zero-order valence-corrected chi connectivity index (χ0v) is 14.4. The molecule has 2 heterocycles. The number of halogens is 1. The van der Waals surface area contributed by atoms with E-state index < -0.39 is 0 Å². The molecular formula is C19H25ClN4. The number of anilines is 2. The van der Waals surface area contributed by atoms with Gasteiger partial charge in [-0.15, -0.1) is 0 Å². The Morgan fingerprint density at radius 1 is 1.17 bits per heavy atom. The molecule has 0 aliphatic heterocycles. The van der Waals surface area contributed by atoms with Crippen molar-refractivity contribution in [3.8, 4) is 0 Å². The van der Waals surface area contributed by atoms with Crippen LogP contribution in [0.1, 0.15) is 25.6 Å². The summed E-state index contributed by atoms with van der Waals surface area (Å²) in [6, 6.07) is 11.9. The zero-order valence-electron chi connectivity index (χ0n) is 13.6. The molecule has 1 aromatic carbocycles. The van der Waals surface area contributed by atoms with Gasteiger partial charge in [-0.3, -0.25) is 4.98 Å². The van der Waals surface area contributed by atoms with E-state index in [4.69, 9.17) is 17.3 Å². The van der Waals surface area contributed by atoms with E-state index in [0.717, 1.165) is 28.7 Å². The van der Waals surface area contributed by atoms with Gasteiger partial charge in [-0.1, -0.05) is 32.0 Å². The van der Waals surface area contributed by atoms with Crippen molar-refractivity contribution in [1.82, 2.24) is 9.97 Å². The first-order chi connectivity index (χ1) is 11.0. The summed E-state index contributed by atoms with van der Waals surface area (Å²) >= 11 is 5.85. The molecule has 0 aliphatic carbocycles. The van der Waals surface area contributed by atoms with Gasteiger partial charge in [0.2, 0.25) is 0 Å². The highest BCUT2D eigenvalue weighted by atomic mass is 35.5. The van der Waals surface area contributed by atoms with E-state index >= 15 is 0 Å². The van der Waals surface area contributed by atoms with Gasteiger partial charge >= 0.3 is 0 Å². The molecule has 3 rings (SSSR count). The molecule has 24 heavy (non-hydrogen) atoms. The number of rotatable bonds is 2. The summed E-state index contributed by atoms with van der Waals surface area (Å²) in [5.41, 5.74) is 9.72. The molecule has 4 nitrogen and oxygen atoms in total. The summed E-state index contributed by atoms with van der Waals surface area (Å²) in [6.07, 6.45) is 2.72. The lowest BCUT2D eigenvalue weighted by molar-refractivity contribution is 1.14. The minimum Gasteiger partial charge on any atom is -0.387 e. The van der Waals surface area contributed by atoms with E-state index in [-0.39, 0.29) is 7.43 Å². The Bertz CT molecular complexity index is 802. The van der Waals surface area contributed by atoms with Crippen molar-refractivity contribution in [1.29, 1.82) is 0 Å². The predicted octanol–water partition coefficient (Wildman–Crippen LogP) is 5.10. The molecule has 0 spiro atoms. The molecule has 0 aliphatic rings. The van der Waals surface area contributed by atoms with Crippen molar-refractivity contribution in [2.45, 2.75) is 27.7 Å². The predicted molar refractivity (Wildman–Crippen MR) is 106 cm³/mol. The second-order valence-corrected chi connectivity index (χ2v) is 5.59. The summed E-state index contributed by atoms with van der Waals surface area (Å²) in [5, 5.41) is 4.82. The third-order valence-electron chi connectivity index (χ3n) is 3.50. The summed E-state index contributed by atoms with van der Waals surface area (Å²) < 4.78 is 0. The number of nitrogens with one attached hydrogen (secondary N) is 1. The van der Waals surface area contributed by atoms with E-state index in [2.05, 4.69) is 34.3 Å². The third kappa shape index (κ3) is 5.10. The number of aryl methyl sites for hydroxylation is 2. The highest BCUT2D eigenvalue weighted by molar-refractivity contribution is 6.31. The number of hydrogen-bond acceptors (Lipinski definition) is 4. The van der Waals surface area contributed by atoms with Crippen molar-refractivity contribution in [3.63, 3.8) is 0 Å². The van der Waals surface area contributed by atoms with Crippen LogP contribution in [-0.4, -0.2) is 17.0 Å². The largest absolute Gasteiger partial charge is 0.387 e. The van der Waals surface area contributed by atoms with Crippen LogP contribution in [0.2, 0.25) is 5.02 Å². The fourth-order valence-electron chi connectivity index (χ4n) is 2.22. The van der Waals surface area contributed by atoms with Crippen molar-refractivity contribution in [2.24, 2.45) is 0 Å². The lowest BCUT2D eigenvalue weighted by atomic mass is 10.1. The van der Waals surface area contributed by atoms with Crippen LogP contribution in [-0.2, 0) is 6.42 Å². The van der Waals surface area contributed by atoms with E-state index in [1.807, 2.05) is 32.2 Å². The zero-order chi connectivity index (χ0) is 16.8. The van der Waals surface area contributed by atoms with Crippen LogP contribution in [0, 0.1) is 6.92 Å². The molecule has 0 saturated heterocycles. The number of nitrogens with zero attached hydrogens (tertiary/aromatic N) is 2. The normalized spacial score (nSPS) is 9.67. The monoisotopic (exact) mass is 344 g/mol. The van der Waals surface area contributed by atoms with Crippen LogP contribution in [0.25, 0.3) is 10.9 Å². The SMILES string of the molecule is C.CCc1ccc2ncc(Cl)cc2c1.CNc1ccc(N)nc1C. The van der Waals surface area contributed by atoms with Gasteiger partial charge in [0, 0.05) is 18.6 Å². The third-order valence-corrected chi connectivity index (χ3v) is 3.70. The summed E-state index contributed by atoms with van der Waals surface area (Å²) in [6.45, 7) is 4.06. The first-order valence-corrected chi connectivity index (χ1v) is 7.86. The average Bonchev–Trinajstić information content (AvgIpc) is 2.55. The Balaban J connectivity index is 0.000000238. The van der Waals surface area contributed by atoms with Crippen LogP contribution in [0.15, 0.2) is 42.6 Å². The molecule has 0 amide bonds. The maximum atomic E-state index is 5.85. The Hall–Kier alpha value is -2.33. The molecule has 0 bridgehead atoms. The number of benzene rings is 1. The Kier molecular flexibility index (Phi) is 7.46. The van der Waals surface area contributed by atoms with Crippen molar-refractivity contribution < 1.29 is 0 Å². The molecule has 128 valence electrons. The molecular weight excluding hydrogens is 320 g/mol. The quantitative estimate of drug-likeness (QED) is 0.678. The van der Waals surface area contributed by atoms with Crippen LogP contribution in [0.4, 0.5) is 11.5 Å². The summed E-state index contributed by atoms with van der Waals surface area (Å²) in [5.74, 6) is 0.566. The Morgan fingerprint density at radius 2 is 1.92 bits per heavy atom. The number of pyridine rings is 2. The lowest BCUT2D eigenvalue weighted by Crippen LogP contribution is -1.97. The van der Waals surface area contributed by atoms with Gasteiger partial charge in [0.15, 0.2) is 0 Å². The highest BCUT2D eigenvalue weighted by Gasteiger charge is 1.97. The molecule has 0 saturated carbocycles. The summed E-state index contributed by atoms with van der Waals surface area (Å²) in [7, 11) is 1.86. The van der Waals surface area contributed by atoms with Crippen LogP contribution < -0.4 is 11.1 Å². The highest BCUT2D eigenvalue weighted by Crippen LogP contribution is 2.18. The molecule has 0 unspecified atom stereocenters. The number of nitrogen functional groups attached to an aromatic ring is 1. The molecule has 3 aromatic rings. The van der Waals surface area contributed by atoms with Crippen LogP contribution >= 0.6 is 11.6 Å². The molecule has 5 heteroatoms. The minimum absolute atomic E-state index is 0. The summed E-state index contributed by atoms with van der Waals surface area (Å²) in [4.78, 5) is 8.28. The van der Waals surface area contributed by atoms with Gasteiger partial charge in [0.25, 0.3) is 0 Å². The smallest absolute Gasteiger partial charge is 0.123 e. The Morgan fingerprint density at radius 3 is 2.54 bits per heavy atom. The van der Waals surface area contributed by atoms with Gasteiger partial charge in [-0.25, -0.2) is 4.98 Å². The van der Waals surface area contributed by atoms with Gasteiger partial charge in [0.1, 0.15) is 5.82 Å². The van der Waals surface area contributed by atoms with Gasteiger partial charge in [0.05, 0.1) is 21.9 Å². The van der Waals surface area contributed by atoms with Crippen molar-refractivity contribution in [3.05, 3.63) is 58.9 Å². The molecule has 2 aromatic heterocycles. The van der Waals surface area contributed by atoms with Gasteiger partial charge < -0.3 is 11.1 Å². The lowest BCUT2D eigenvalue weighted by Gasteiger charge is -2.02. The molecule has 0 radical (unpaired) electrons. The van der Waals surface area contributed by atoms with Crippen molar-refractivity contribution >= 4 is 34.0 Å². The number of nitrogens with two attached hydrogens (primary N) is 1. The van der Waals surface area contributed by atoms with E-state index in [1.165, 1.54) is 5.56 Å². The number of hydrogen-bond donors (Lipinski definition) is 2. The topological polar surface area (TPSA) is 63.8 Å². The van der Waals surface area contributed by atoms with E-state index in [0.29, 0.717) is 10.8 Å². The number of aromatic nitrogens is 2. The van der Waals surface area contributed by atoms with E-state index in [1.54, 1.807) is 12.3 Å². The first-order valence-electron chi connectivity index (χ1n) is 7.48. The minimum atomic E-state index is 0. The van der Waals surface area contributed by atoms with Crippen molar-refractivity contribution in [2.75, 3.05) is 18.1 Å². The van der Waals surface area contributed by atoms with E-state index in [9.17, 15) is 0 Å². The van der Waals surface area contributed by atoms with Gasteiger partial charge in [-0.2, -0.15) is 0 Å². The standard InChI is InChI=1S/C11H10ClN.C7H11N3.CH4/c1-2-8-3-4-11-9(5-8)6-10(12)7-13-11;1-5-6(9-2)3-4-7(8)10-5;/h3-7H,2H2,1H3;3-4,9H,1-2H3,(H2,8,10);1H4. The van der Waals surface area contributed by atoms with Crippen LogP contribution in [0.5, 0.6) is 0 Å². The maximum Gasteiger partial charge on any atom is 0.123 e.